The van der Waals surface area contributed by atoms with E-state index in [9.17, 15) is 4.79 Å². The third-order valence-electron chi connectivity index (χ3n) is 6.57. The average molecular weight is 494 g/mol. The van der Waals surface area contributed by atoms with E-state index in [2.05, 4.69) is 34.5 Å². The second-order valence-electron chi connectivity index (χ2n) is 9.24. The zero-order valence-electron chi connectivity index (χ0n) is 21.6. The van der Waals surface area contributed by atoms with Gasteiger partial charge in [0.05, 0.1) is 25.1 Å². The Morgan fingerprint density at radius 2 is 1.78 bits per heavy atom. The second-order valence-corrected chi connectivity index (χ2v) is 9.24. The molecule has 0 spiro atoms. The fraction of sp³-hybridized carbons (Fsp3) is 0.500. The Morgan fingerprint density at radius 3 is 2.56 bits per heavy atom. The quantitative estimate of drug-likeness (QED) is 0.347. The smallest absolute Gasteiger partial charge is 0.324 e. The third kappa shape index (κ3) is 6.77. The molecule has 0 atom stereocenters. The van der Waals surface area contributed by atoms with Gasteiger partial charge in [0.2, 0.25) is 0 Å². The Hall–Kier alpha value is -3.10. The summed E-state index contributed by atoms with van der Waals surface area (Å²) in [6.07, 6.45) is 7.04. The molecule has 0 bridgehead atoms. The normalized spacial score (nSPS) is 14.2. The molecule has 1 aliphatic heterocycles. The van der Waals surface area contributed by atoms with Gasteiger partial charge in [-0.3, -0.25) is 10.2 Å². The Labute approximate surface area is 213 Å². The highest BCUT2D eigenvalue weighted by molar-refractivity contribution is 6.07. The molecule has 4 rings (SSSR count). The number of aryl methyl sites for hydroxylation is 2. The molecule has 8 nitrogen and oxygen atoms in total. The lowest BCUT2D eigenvalue weighted by Gasteiger charge is -2.26. The minimum atomic E-state index is -0.267. The van der Waals surface area contributed by atoms with Crippen molar-refractivity contribution in [2.45, 2.75) is 52.5 Å². The van der Waals surface area contributed by atoms with E-state index < -0.39 is 0 Å². The first kappa shape index (κ1) is 26.0. The Balaban J connectivity index is 1.45. The van der Waals surface area contributed by atoms with Crippen LogP contribution in [-0.2, 0) is 17.7 Å². The molecule has 36 heavy (non-hydrogen) atoms. The fourth-order valence-corrected chi connectivity index (χ4v) is 4.47. The highest BCUT2D eigenvalue weighted by Crippen LogP contribution is 2.32. The van der Waals surface area contributed by atoms with Crippen LogP contribution in [-0.4, -0.2) is 60.2 Å². The molecule has 1 saturated heterocycles. The lowest BCUT2D eigenvalue weighted by atomic mass is 10.1. The standard InChI is InChI=1S/C28H39N5O3/c1-3-5-9-22-21-29-33(14-6-4-2)27(22)31-28(34)30-25-12-13-26(24-11-8-7-10-23(24)25)36-20-17-32-15-18-35-19-16-32/h7-8,10-13,21H,3-6,9,14-20H2,1-2H3,(H2,30,31,34). The zero-order valence-corrected chi connectivity index (χ0v) is 21.6. The van der Waals surface area contributed by atoms with Crippen molar-refractivity contribution in [3.05, 3.63) is 48.2 Å². The lowest BCUT2D eigenvalue weighted by molar-refractivity contribution is 0.0323. The second kappa shape index (κ2) is 13.3. The summed E-state index contributed by atoms with van der Waals surface area (Å²) < 4.78 is 13.5. The SMILES string of the molecule is CCCCc1cnn(CCCC)c1NC(=O)Nc1ccc(OCCN2CCOCC2)c2ccccc12. The monoisotopic (exact) mass is 493 g/mol. The highest BCUT2D eigenvalue weighted by atomic mass is 16.5. The number of hydrogen-bond donors (Lipinski definition) is 2. The summed E-state index contributed by atoms with van der Waals surface area (Å²) in [4.78, 5) is 15.5. The van der Waals surface area contributed by atoms with Crippen LogP contribution in [0.4, 0.5) is 16.3 Å². The van der Waals surface area contributed by atoms with E-state index in [1.165, 1.54) is 0 Å². The van der Waals surface area contributed by atoms with Crippen molar-refractivity contribution < 1.29 is 14.3 Å². The molecule has 3 aromatic rings. The van der Waals surface area contributed by atoms with E-state index in [0.717, 1.165) is 105 Å². The number of nitrogens with zero attached hydrogens (tertiary/aromatic N) is 3. The number of amides is 2. The molecule has 2 heterocycles. The minimum Gasteiger partial charge on any atom is -0.492 e. The number of carbonyl (C=O) groups excluding carboxylic acids is 1. The molecule has 194 valence electrons. The molecule has 0 saturated carbocycles. The van der Waals surface area contributed by atoms with Crippen LogP contribution < -0.4 is 15.4 Å². The summed E-state index contributed by atoms with van der Waals surface area (Å²) >= 11 is 0. The van der Waals surface area contributed by atoms with E-state index in [4.69, 9.17) is 9.47 Å². The van der Waals surface area contributed by atoms with Gasteiger partial charge in [0, 0.05) is 42.5 Å². The largest absolute Gasteiger partial charge is 0.492 e. The number of urea groups is 1. The summed E-state index contributed by atoms with van der Waals surface area (Å²) in [7, 11) is 0. The molecule has 2 amide bonds. The summed E-state index contributed by atoms with van der Waals surface area (Å²) in [5.41, 5.74) is 1.83. The molecule has 1 aliphatic rings. The number of rotatable bonds is 12. The maximum Gasteiger partial charge on any atom is 0.324 e. The number of morpholine rings is 1. The highest BCUT2D eigenvalue weighted by Gasteiger charge is 2.16. The zero-order chi connectivity index (χ0) is 25.2. The van der Waals surface area contributed by atoms with Crippen LogP contribution in [0.1, 0.15) is 45.1 Å². The number of ether oxygens (including phenoxy) is 2. The van der Waals surface area contributed by atoms with Gasteiger partial charge in [-0.05, 0) is 31.4 Å². The fourth-order valence-electron chi connectivity index (χ4n) is 4.47. The van der Waals surface area contributed by atoms with E-state index >= 15 is 0 Å². The van der Waals surface area contributed by atoms with Crippen molar-refractivity contribution in [2.24, 2.45) is 0 Å². The van der Waals surface area contributed by atoms with Crippen molar-refractivity contribution in [2.75, 3.05) is 50.1 Å². The van der Waals surface area contributed by atoms with Gasteiger partial charge in [-0.15, -0.1) is 0 Å². The number of fused-ring (bicyclic) bond motifs is 1. The van der Waals surface area contributed by atoms with Crippen molar-refractivity contribution in [3.63, 3.8) is 0 Å². The molecule has 2 N–H and O–H groups in total. The number of hydrogen-bond acceptors (Lipinski definition) is 5. The molecule has 0 unspecified atom stereocenters. The van der Waals surface area contributed by atoms with E-state index in [1.807, 2.05) is 47.3 Å². The molecular weight excluding hydrogens is 454 g/mol. The molecule has 0 radical (unpaired) electrons. The van der Waals surface area contributed by atoms with Crippen LogP contribution >= 0.6 is 0 Å². The van der Waals surface area contributed by atoms with E-state index in [1.54, 1.807) is 0 Å². The van der Waals surface area contributed by atoms with Gasteiger partial charge >= 0.3 is 6.03 Å². The Kier molecular flexibility index (Phi) is 9.58. The first-order chi connectivity index (χ1) is 17.7. The van der Waals surface area contributed by atoms with Crippen LogP contribution in [0.15, 0.2) is 42.6 Å². The number of benzene rings is 2. The van der Waals surface area contributed by atoms with Crippen LogP contribution in [0.5, 0.6) is 5.75 Å². The van der Waals surface area contributed by atoms with Crippen molar-refractivity contribution in [3.8, 4) is 5.75 Å². The van der Waals surface area contributed by atoms with Crippen molar-refractivity contribution in [1.29, 1.82) is 0 Å². The summed E-state index contributed by atoms with van der Waals surface area (Å²) in [5.74, 6) is 1.62. The van der Waals surface area contributed by atoms with Gasteiger partial charge in [0.25, 0.3) is 0 Å². The van der Waals surface area contributed by atoms with E-state index in [0.29, 0.717) is 6.61 Å². The molecule has 0 aliphatic carbocycles. The first-order valence-electron chi connectivity index (χ1n) is 13.3. The van der Waals surface area contributed by atoms with E-state index in [-0.39, 0.29) is 6.03 Å². The van der Waals surface area contributed by atoms with Gasteiger partial charge in [0.15, 0.2) is 0 Å². The summed E-state index contributed by atoms with van der Waals surface area (Å²) in [6, 6.07) is 11.6. The van der Waals surface area contributed by atoms with Gasteiger partial charge in [-0.2, -0.15) is 5.10 Å². The van der Waals surface area contributed by atoms with Crippen molar-refractivity contribution in [1.82, 2.24) is 14.7 Å². The number of anilines is 2. The number of aromatic nitrogens is 2. The predicted octanol–water partition coefficient (Wildman–Crippen LogP) is 5.53. The number of carbonyl (C=O) groups is 1. The van der Waals surface area contributed by atoms with Crippen LogP contribution in [0, 0.1) is 0 Å². The van der Waals surface area contributed by atoms with Crippen molar-refractivity contribution >= 4 is 28.3 Å². The minimum absolute atomic E-state index is 0.267. The lowest BCUT2D eigenvalue weighted by Crippen LogP contribution is -2.38. The van der Waals surface area contributed by atoms with Gasteiger partial charge in [-0.25, -0.2) is 9.48 Å². The molecular formula is C28H39N5O3. The molecule has 8 heteroatoms. The Bertz CT molecular complexity index is 1100. The van der Waals surface area contributed by atoms with Gasteiger partial charge < -0.3 is 14.8 Å². The van der Waals surface area contributed by atoms with Gasteiger partial charge in [-0.1, -0.05) is 51.0 Å². The first-order valence-corrected chi connectivity index (χ1v) is 13.3. The molecule has 1 aromatic heterocycles. The maximum atomic E-state index is 13.1. The molecule has 1 fully saturated rings. The molecule has 2 aromatic carbocycles. The van der Waals surface area contributed by atoms with Crippen LogP contribution in [0.2, 0.25) is 0 Å². The third-order valence-corrected chi connectivity index (χ3v) is 6.57. The topological polar surface area (TPSA) is 80.7 Å². The van der Waals surface area contributed by atoms with Crippen LogP contribution in [0.3, 0.4) is 0 Å². The Morgan fingerprint density at radius 1 is 1.00 bits per heavy atom. The maximum absolute atomic E-state index is 13.1. The van der Waals surface area contributed by atoms with Gasteiger partial charge in [0.1, 0.15) is 18.2 Å². The number of nitrogens with one attached hydrogen (secondary N) is 2. The number of unbranched alkanes of at least 4 members (excludes halogenated alkanes) is 2. The average Bonchev–Trinajstić information content (AvgIpc) is 3.28. The predicted molar refractivity (Wildman–Crippen MR) is 145 cm³/mol. The summed E-state index contributed by atoms with van der Waals surface area (Å²) in [5, 5.41) is 12.6. The summed E-state index contributed by atoms with van der Waals surface area (Å²) in [6.45, 7) is 10.0. The van der Waals surface area contributed by atoms with Crippen LogP contribution in [0.25, 0.3) is 10.8 Å².